The number of carbonyl (C=O) groups is 8. The van der Waals surface area contributed by atoms with E-state index in [1.165, 1.54) is 14.2 Å². The molecule has 0 radical (unpaired) electrons. The summed E-state index contributed by atoms with van der Waals surface area (Å²) in [4.78, 5) is 98.5. The van der Waals surface area contributed by atoms with Crippen molar-refractivity contribution in [2.75, 3.05) is 53.7 Å². The van der Waals surface area contributed by atoms with Gasteiger partial charge in [-0.2, -0.15) is 0 Å². The Hall–Kier alpha value is -3.92. The summed E-state index contributed by atoms with van der Waals surface area (Å²) < 4.78 is 20.7. The molecule has 4 fully saturated rings. The van der Waals surface area contributed by atoms with Crippen molar-refractivity contribution in [3.63, 3.8) is 0 Å². The van der Waals surface area contributed by atoms with Gasteiger partial charge in [0, 0.05) is 72.1 Å². The molecule has 0 unspecified atom stereocenters. The van der Waals surface area contributed by atoms with E-state index in [1.54, 1.807) is 0 Å². The molecule has 4 aliphatic rings. The van der Waals surface area contributed by atoms with Crippen LogP contribution in [0.3, 0.4) is 0 Å². The maximum atomic E-state index is 13.1. The molecule has 0 aromatic carbocycles. The van der Waals surface area contributed by atoms with Crippen molar-refractivity contribution < 1.29 is 82.8 Å². The Balaban J connectivity index is 1.07. The van der Waals surface area contributed by atoms with Crippen molar-refractivity contribution in [1.29, 1.82) is 0 Å². The number of aliphatic hydroxyl groups is 3. The molecule has 4 rings (SSSR count). The quantitative estimate of drug-likeness (QED) is 0.0346. The third-order valence-electron chi connectivity index (χ3n) is 16.7. The number of methoxy groups -OCH3 is 2. The first kappa shape index (κ1) is 59.6. The summed E-state index contributed by atoms with van der Waals surface area (Å²) in [5.41, 5.74) is -0.492. The highest BCUT2D eigenvalue weighted by Crippen LogP contribution is 2.68. The van der Waals surface area contributed by atoms with E-state index in [0.717, 1.165) is 25.7 Å². The van der Waals surface area contributed by atoms with E-state index >= 15 is 0 Å². The second kappa shape index (κ2) is 28.5. The first-order valence-corrected chi connectivity index (χ1v) is 25.7. The molecule has 3 amide bonds. The second-order valence-electron chi connectivity index (χ2n) is 21.2. The number of ether oxygens (including phenoxy) is 4. The minimum absolute atomic E-state index is 0.0233. The molecular weight excluding hydrogens is 927 g/mol. The van der Waals surface area contributed by atoms with Gasteiger partial charge in [-0.1, -0.05) is 20.8 Å². The Morgan fingerprint density at radius 2 is 1.34 bits per heavy atom. The number of hydrogen-bond acceptors (Lipinski definition) is 15. The summed E-state index contributed by atoms with van der Waals surface area (Å²) in [6.07, 6.45) is 2.95. The lowest BCUT2D eigenvalue weighted by atomic mass is 9.43. The van der Waals surface area contributed by atoms with Gasteiger partial charge in [0.15, 0.2) is 17.9 Å². The number of Topliss-reactive ketones (excluding diaryl/α,β-unsaturated/α-hetero) is 3. The normalized spacial score (nSPS) is 29.1. The van der Waals surface area contributed by atoms with Gasteiger partial charge in [0.25, 0.3) is 0 Å². The molecule has 0 saturated heterocycles. The number of rotatable bonds is 33. The molecule has 4 aliphatic carbocycles. The van der Waals surface area contributed by atoms with Crippen molar-refractivity contribution in [2.45, 2.75) is 167 Å². The number of carboxylic acids is 2. The van der Waals surface area contributed by atoms with Crippen LogP contribution in [-0.4, -0.2) is 157 Å². The van der Waals surface area contributed by atoms with Gasteiger partial charge in [-0.05, 0) is 111 Å². The Morgan fingerprint density at radius 1 is 0.662 bits per heavy atom. The largest absolute Gasteiger partial charge is 0.481 e. The molecule has 404 valence electrons. The minimum Gasteiger partial charge on any atom is -0.481 e. The van der Waals surface area contributed by atoms with Crippen LogP contribution in [0.5, 0.6) is 0 Å². The van der Waals surface area contributed by atoms with Crippen LogP contribution >= 0.6 is 0 Å². The summed E-state index contributed by atoms with van der Waals surface area (Å²) >= 11 is 0. The predicted molar refractivity (Wildman–Crippen MR) is 255 cm³/mol. The van der Waals surface area contributed by atoms with Crippen molar-refractivity contribution >= 4 is 47.0 Å². The summed E-state index contributed by atoms with van der Waals surface area (Å²) in [5.74, 6) is -5.49. The van der Waals surface area contributed by atoms with E-state index in [0.29, 0.717) is 32.1 Å². The van der Waals surface area contributed by atoms with Gasteiger partial charge in [-0.15, -0.1) is 0 Å². The lowest BCUT2D eigenvalue weighted by molar-refractivity contribution is -0.207. The topological polar surface area (TPSA) is 311 Å². The number of hydrogen-bond donors (Lipinski definition) is 8. The lowest BCUT2D eigenvalue weighted by Crippen LogP contribution is -2.62. The number of carboxylic acid groups (broad SMARTS) is 2. The number of amides is 3. The van der Waals surface area contributed by atoms with Gasteiger partial charge < -0.3 is 60.4 Å². The molecule has 4 saturated carbocycles. The highest BCUT2D eigenvalue weighted by molar-refractivity contribution is 5.89. The average molecular weight is 1010 g/mol. The Kier molecular flexibility index (Phi) is 23.9. The molecule has 13 atom stereocenters. The first-order valence-electron chi connectivity index (χ1n) is 25.7. The van der Waals surface area contributed by atoms with Crippen LogP contribution in [0.2, 0.25) is 0 Å². The summed E-state index contributed by atoms with van der Waals surface area (Å²) in [6, 6.07) is -1.37. The summed E-state index contributed by atoms with van der Waals surface area (Å²) in [7, 11) is 2.92. The van der Waals surface area contributed by atoms with Gasteiger partial charge in [0.2, 0.25) is 17.7 Å². The van der Waals surface area contributed by atoms with E-state index in [1.807, 2.05) is 0 Å². The SMILES string of the molecule is COC(CCC(=O)CNC(=O)CCC(=O)COCCOCCNC(=O)CC[C@H](CC(=O)CC[C@H](NC(=O)CC[C@@H](C)[C@H]1CC[C@H]2[C@@H]3[C@H](O)C[C@@H]4C[C@H](O)CC[C@]4(C)[C@H]3C[C@H](O)[C@]12C)C(=O)O)C(=O)O)OC. The minimum atomic E-state index is -1.37. The molecule has 20 heteroatoms. The summed E-state index contributed by atoms with van der Waals surface area (Å²) in [6.45, 7) is 6.51. The molecule has 0 bridgehead atoms. The van der Waals surface area contributed by atoms with E-state index in [9.17, 15) is 63.9 Å². The van der Waals surface area contributed by atoms with Crippen LogP contribution in [0.15, 0.2) is 0 Å². The zero-order valence-corrected chi connectivity index (χ0v) is 42.5. The summed E-state index contributed by atoms with van der Waals surface area (Å²) in [5, 5.41) is 61.1. The zero-order chi connectivity index (χ0) is 52.5. The monoisotopic (exact) mass is 1010 g/mol. The molecule has 71 heavy (non-hydrogen) atoms. The lowest BCUT2D eigenvalue weighted by Gasteiger charge is -2.63. The molecule has 0 aromatic rings. The molecule has 20 nitrogen and oxygen atoms in total. The Morgan fingerprint density at radius 3 is 2.03 bits per heavy atom. The molecule has 0 heterocycles. The number of fused-ring (bicyclic) bond motifs is 5. The smallest absolute Gasteiger partial charge is 0.326 e. The second-order valence-corrected chi connectivity index (χ2v) is 21.2. The van der Waals surface area contributed by atoms with Crippen LogP contribution in [0.4, 0.5) is 0 Å². The van der Waals surface area contributed by atoms with Crippen molar-refractivity contribution in [1.82, 2.24) is 16.0 Å². The van der Waals surface area contributed by atoms with Gasteiger partial charge in [-0.3, -0.25) is 33.6 Å². The van der Waals surface area contributed by atoms with Gasteiger partial charge in [0.05, 0.1) is 50.6 Å². The number of nitrogens with one attached hydrogen (secondary N) is 3. The van der Waals surface area contributed by atoms with Crippen LogP contribution in [0.1, 0.15) is 136 Å². The van der Waals surface area contributed by atoms with Crippen LogP contribution in [0.25, 0.3) is 0 Å². The van der Waals surface area contributed by atoms with E-state index in [2.05, 4.69) is 36.7 Å². The molecule has 0 aliphatic heterocycles. The fraction of sp³-hybridized carbons (Fsp3) is 0.843. The van der Waals surface area contributed by atoms with E-state index < -0.39 is 77.7 Å². The fourth-order valence-electron chi connectivity index (χ4n) is 12.6. The number of carbonyl (C=O) groups excluding carboxylic acids is 6. The molecule has 0 spiro atoms. The molecule has 0 aromatic heterocycles. The van der Waals surface area contributed by atoms with E-state index in [4.69, 9.17) is 18.9 Å². The average Bonchev–Trinajstić information content (AvgIpc) is 3.69. The third-order valence-corrected chi connectivity index (χ3v) is 16.7. The maximum absolute atomic E-state index is 13.1. The van der Waals surface area contributed by atoms with Gasteiger partial charge in [0.1, 0.15) is 18.4 Å². The number of ketones is 3. The Bertz CT molecular complexity index is 1810. The molecular formula is C51H83N3O17. The highest BCUT2D eigenvalue weighted by atomic mass is 16.7. The fourth-order valence-corrected chi connectivity index (χ4v) is 12.6. The maximum Gasteiger partial charge on any atom is 0.326 e. The standard InChI is InChI=1S/C51H83N3O17/c1-30(37-11-12-38-47-39(27-42(60)51(37,38)3)50(2)19-18-34(56)25-32(50)26-41(47)59)6-14-45(63)54-40(49(66)67)13-8-33(55)24-31(48(64)65)7-15-43(61)52-20-21-70-22-23-71-29-36(58)9-16-44(62)53-28-35(57)10-17-46(68-4)69-5/h30-32,34,37-42,46-47,56,59-60H,6-29H2,1-5H3,(H,52,61)(H,53,62)(H,54,63)(H,64,65)(H,66,67)/t30-,31-,32+,34-,37-,38+,39+,40+,41-,42+,47+,50+,51-/m1/s1. The van der Waals surface area contributed by atoms with Crippen molar-refractivity contribution in [2.24, 2.45) is 52.3 Å². The predicted octanol–water partition coefficient (Wildman–Crippen LogP) is 2.74. The van der Waals surface area contributed by atoms with E-state index in [-0.39, 0.29) is 149 Å². The van der Waals surface area contributed by atoms with Crippen LogP contribution in [-0.2, 0) is 57.3 Å². The Labute approximate surface area is 417 Å². The first-order chi connectivity index (χ1) is 33.6. The third kappa shape index (κ3) is 17.1. The molecule has 8 N–H and O–H groups in total. The van der Waals surface area contributed by atoms with Crippen molar-refractivity contribution in [3.8, 4) is 0 Å². The van der Waals surface area contributed by atoms with Gasteiger partial charge >= 0.3 is 11.9 Å². The number of aliphatic hydroxyl groups excluding tert-OH is 3. The van der Waals surface area contributed by atoms with Gasteiger partial charge in [-0.25, -0.2) is 4.79 Å². The van der Waals surface area contributed by atoms with Crippen LogP contribution in [0, 0.1) is 52.3 Å². The highest BCUT2D eigenvalue weighted by Gasteiger charge is 2.65. The van der Waals surface area contributed by atoms with Crippen LogP contribution < -0.4 is 16.0 Å². The van der Waals surface area contributed by atoms with Crippen molar-refractivity contribution in [3.05, 3.63) is 0 Å². The number of aliphatic carboxylic acids is 2. The zero-order valence-electron chi connectivity index (χ0n) is 42.5.